The van der Waals surface area contributed by atoms with Gasteiger partial charge in [-0.1, -0.05) is 6.07 Å². The number of rotatable bonds is 6. The van der Waals surface area contributed by atoms with E-state index < -0.39 is 17.3 Å². The number of fused-ring (bicyclic) bond motifs is 1. The molecule has 7 nitrogen and oxygen atoms in total. The first-order valence-corrected chi connectivity index (χ1v) is 12.4. The summed E-state index contributed by atoms with van der Waals surface area (Å²) in [7, 11) is 0. The summed E-state index contributed by atoms with van der Waals surface area (Å²) >= 11 is 1.49. The molecule has 3 N–H and O–H groups in total. The average Bonchev–Trinajstić information content (AvgIpc) is 3.36. The van der Waals surface area contributed by atoms with Crippen LogP contribution in [0.25, 0.3) is 10.8 Å². The summed E-state index contributed by atoms with van der Waals surface area (Å²) < 4.78 is 39.3. The van der Waals surface area contributed by atoms with Crippen LogP contribution in [-0.2, 0) is 16.6 Å². The highest BCUT2D eigenvalue weighted by Gasteiger charge is 2.41. The number of aromatic nitrogens is 2. The third kappa shape index (κ3) is 5.12. The number of anilines is 1. The lowest BCUT2D eigenvalue weighted by Crippen LogP contribution is -2.63. The molecular formula is C24H26F3N5O2S. The van der Waals surface area contributed by atoms with Gasteiger partial charge in [0.2, 0.25) is 5.91 Å². The smallest absolute Gasteiger partial charge is 0.384 e. The molecule has 1 aromatic carbocycles. The number of carbonyl (C=O) groups excluding carboxylic acids is 1. The van der Waals surface area contributed by atoms with E-state index in [9.17, 15) is 23.1 Å². The fraction of sp³-hybridized carbons (Fsp3) is 0.458. The molecule has 1 saturated heterocycles. The summed E-state index contributed by atoms with van der Waals surface area (Å²) in [6.07, 6.45) is 1.98. The van der Waals surface area contributed by atoms with Crippen LogP contribution in [0.1, 0.15) is 36.1 Å². The Kier molecular flexibility index (Phi) is 6.41. The van der Waals surface area contributed by atoms with Gasteiger partial charge in [-0.3, -0.25) is 14.7 Å². The summed E-state index contributed by atoms with van der Waals surface area (Å²) in [6, 6.07) is 5.53. The molecule has 3 heterocycles. The van der Waals surface area contributed by atoms with Crippen LogP contribution in [0.5, 0.6) is 0 Å². The van der Waals surface area contributed by atoms with Crippen LogP contribution in [0.4, 0.5) is 19.0 Å². The van der Waals surface area contributed by atoms with Gasteiger partial charge >= 0.3 is 6.18 Å². The third-order valence-electron chi connectivity index (χ3n) is 6.97. The van der Waals surface area contributed by atoms with Crippen molar-refractivity contribution in [2.24, 2.45) is 0 Å². The molecule has 0 bridgehead atoms. The fourth-order valence-corrected chi connectivity index (χ4v) is 5.75. The molecule has 5 rings (SSSR count). The van der Waals surface area contributed by atoms with Crippen molar-refractivity contribution in [1.82, 2.24) is 20.2 Å². The van der Waals surface area contributed by atoms with E-state index in [0.29, 0.717) is 29.7 Å². The summed E-state index contributed by atoms with van der Waals surface area (Å²) in [5.74, 6) is 0.0123. The Morgan fingerprint density at radius 3 is 2.69 bits per heavy atom. The van der Waals surface area contributed by atoms with Crippen molar-refractivity contribution in [2.45, 2.75) is 49.5 Å². The first-order valence-electron chi connectivity index (χ1n) is 11.6. The zero-order chi connectivity index (χ0) is 24.6. The highest BCUT2D eigenvalue weighted by Crippen LogP contribution is 2.40. The van der Waals surface area contributed by atoms with E-state index in [-0.39, 0.29) is 24.3 Å². The third-order valence-corrected chi connectivity index (χ3v) is 7.94. The van der Waals surface area contributed by atoms with E-state index in [1.807, 2.05) is 0 Å². The number of carbonyl (C=O) groups is 1. The van der Waals surface area contributed by atoms with Crippen molar-refractivity contribution in [3.8, 4) is 0 Å². The Labute approximate surface area is 204 Å². The average molecular weight is 506 g/mol. The number of thiazole rings is 1. The molecule has 2 aliphatic rings. The van der Waals surface area contributed by atoms with Crippen molar-refractivity contribution in [1.29, 1.82) is 0 Å². The number of nitrogens with one attached hydrogen (secondary N) is 2. The van der Waals surface area contributed by atoms with E-state index in [1.54, 1.807) is 17.8 Å². The first kappa shape index (κ1) is 24.0. The molecule has 2 fully saturated rings. The summed E-state index contributed by atoms with van der Waals surface area (Å²) in [5.41, 5.74) is 0.207. The second kappa shape index (κ2) is 9.36. The van der Waals surface area contributed by atoms with Crippen molar-refractivity contribution in [2.75, 3.05) is 25.0 Å². The number of hydrogen-bond donors (Lipinski definition) is 3. The predicted octanol–water partition coefficient (Wildman–Crippen LogP) is 3.75. The highest BCUT2D eigenvalue weighted by atomic mass is 32.1. The van der Waals surface area contributed by atoms with E-state index in [2.05, 4.69) is 25.5 Å². The van der Waals surface area contributed by atoms with Crippen LogP contribution < -0.4 is 10.6 Å². The number of hydrogen-bond acceptors (Lipinski definition) is 7. The van der Waals surface area contributed by atoms with Gasteiger partial charge in [-0.05, 0) is 49.3 Å². The molecular weight excluding hydrogens is 479 g/mol. The molecule has 1 amide bonds. The molecule has 1 aliphatic carbocycles. The topological polar surface area (TPSA) is 90.4 Å². The number of aliphatic hydroxyl groups is 1. The zero-order valence-electron chi connectivity index (χ0n) is 18.9. The second-order valence-electron chi connectivity index (χ2n) is 9.29. The number of nitrogens with zero attached hydrogens (tertiary/aromatic N) is 3. The van der Waals surface area contributed by atoms with Crippen LogP contribution in [0.3, 0.4) is 0 Å². The number of benzene rings is 1. The summed E-state index contributed by atoms with van der Waals surface area (Å²) in [5, 5.41) is 17.7. The second-order valence-corrected chi connectivity index (χ2v) is 10.2. The number of likely N-dealkylation sites (tertiary alicyclic amines) is 1. The van der Waals surface area contributed by atoms with Crippen molar-refractivity contribution < 1.29 is 23.1 Å². The number of halogens is 3. The number of pyridine rings is 1. The largest absolute Gasteiger partial charge is 0.416 e. The Balaban J connectivity index is 1.10. The minimum Gasteiger partial charge on any atom is -0.384 e. The lowest BCUT2D eigenvalue weighted by atomic mass is 9.80. The lowest BCUT2D eigenvalue weighted by molar-refractivity contribution is -0.137. The van der Waals surface area contributed by atoms with Gasteiger partial charge in [0, 0.05) is 36.9 Å². The van der Waals surface area contributed by atoms with Gasteiger partial charge in [-0.2, -0.15) is 13.2 Å². The number of alkyl halides is 3. The maximum Gasteiger partial charge on any atom is 0.416 e. The Bertz CT molecular complexity index is 1190. The normalized spacial score (nSPS) is 23.7. The van der Waals surface area contributed by atoms with Crippen molar-refractivity contribution in [3.63, 3.8) is 0 Å². The Morgan fingerprint density at radius 1 is 1.23 bits per heavy atom. The SMILES string of the molecule is O=C(CNc1nccc2ccc(C(F)(F)F)cc12)NC1CN([C@H]2CC[C@](O)(c3cncs3)CC2)C1. The molecule has 3 aromatic rings. The van der Waals surface area contributed by atoms with Gasteiger partial charge in [0.05, 0.1) is 28.5 Å². The quantitative estimate of drug-likeness (QED) is 0.473. The van der Waals surface area contributed by atoms with Crippen LogP contribution in [0.2, 0.25) is 0 Å². The van der Waals surface area contributed by atoms with E-state index >= 15 is 0 Å². The van der Waals surface area contributed by atoms with Gasteiger partial charge in [0.25, 0.3) is 0 Å². The molecule has 2 aromatic heterocycles. The molecule has 0 radical (unpaired) electrons. The van der Waals surface area contributed by atoms with Gasteiger partial charge < -0.3 is 15.7 Å². The molecule has 186 valence electrons. The minimum absolute atomic E-state index is 0.0314. The lowest BCUT2D eigenvalue weighted by Gasteiger charge is -2.48. The Morgan fingerprint density at radius 2 is 2.00 bits per heavy atom. The van der Waals surface area contributed by atoms with Crippen molar-refractivity contribution >= 4 is 33.8 Å². The fourth-order valence-electron chi connectivity index (χ4n) is 4.97. The first-order chi connectivity index (χ1) is 16.7. The van der Waals surface area contributed by atoms with Gasteiger partial charge in [0.15, 0.2) is 0 Å². The molecule has 35 heavy (non-hydrogen) atoms. The van der Waals surface area contributed by atoms with E-state index in [0.717, 1.165) is 42.9 Å². The van der Waals surface area contributed by atoms with E-state index in [4.69, 9.17) is 0 Å². The Hall–Kier alpha value is -2.76. The molecule has 0 spiro atoms. The van der Waals surface area contributed by atoms with Crippen LogP contribution in [-0.4, -0.2) is 57.6 Å². The van der Waals surface area contributed by atoms with E-state index in [1.165, 1.54) is 23.6 Å². The maximum atomic E-state index is 13.1. The van der Waals surface area contributed by atoms with Gasteiger partial charge in [-0.15, -0.1) is 11.3 Å². The summed E-state index contributed by atoms with van der Waals surface area (Å²) in [4.78, 5) is 23.9. The summed E-state index contributed by atoms with van der Waals surface area (Å²) in [6.45, 7) is 1.41. The molecule has 0 unspecified atom stereocenters. The molecule has 0 atom stereocenters. The monoisotopic (exact) mass is 505 g/mol. The van der Waals surface area contributed by atoms with Gasteiger partial charge in [0.1, 0.15) is 11.4 Å². The maximum absolute atomic E-state index is 13.1. The zero-order valence-corrected chi connectivity index (χ0v) is 19.7. The minimum atomic E-state index is -4.45. The molecule has 1 saturated carbocycles. The van der Waals surface area contributed by atoms with Crippen LogP contribution in [0, 0.1) is 0 Å². The van der Waals surface area contributed by atoms with Crippen LogP contribution >= 0.6 is 11.3 Å². The molecule has 1 aliphatic heterocycles. The van der Waals surface area contributed by atoms with Gasteiger partial charge in [-0.25, -0.2) is 4.98 Å². The predicted molar refractivity (Wildman–Crippen MR) is 127 cm³/mol. The molecule has 11 heteroatoms. The highest BCUT2D eigenvalue weighted by molar-refractivity contribution is 7.09. The van der Waals surface area contributed by atoms with Crippen LogP contribution in [0.15, 0.2) is 42.2 Å². The standard InChI is InChI=1S/C24H26F3N5O2S/c25-24(26,27)16-2-1-15-5-8-29-22(19(15)9-16)30-11-21(33)31-17-12-32(13-17)18-3-6-23(34,7-4-18)20-10-28-14-35-20/h1-2,5,8-10,14,17-18,34H,3-4,6-7,11-13H2,(H,29,30)(H,31,33)/t18-,23+. The number of amides is 1. The van der Waals surface area contributed by atoms with Crippen molar-refractivity contribution in [3.05, 3.63) is 52.6 Å².